The first kappa shape index (κ1) is 16.5. The summed E-state index contributed by atoms with van der Waals surface area (Å²) in [7, 11) is 1.53. The van der Waals surface area contributed by atoms with Crippen molar-refractivity contribution >= 4 is 29.2 Å². The van der Waals surface area contributed by atoms with Crippen LogP contribution in [0.1, 0.15) is 5.56 Å². The summed E-state index contributed by atoms with van der Waals surface area (Å²) < 4.78 is 10.6. The average Bonchev–Trinajstić information content (AvgIpc) is 2.50. The van der Waals surface area contributed by atoms with Crippen molar-refractivity contribution in [2.75, 3.05) is 7.11 Å². The molecule has 0 bridgehead atoms. The maximum Gasteiger partial charge on any atom is 0.345 e. The molecular weight excluding hydrogens is 327 g/mol. The van der Waals surface area contributed by atoms with Gasteiger partial charge in [0.1, 0.15) is 11.5 Å². The molecule has 0 aromatic heterocycles. The summed E-state index contributed by atoms with van der Waals surface area (Å²) in [6.07, 6.45) is -0.868. The van der Waals surface area contributed by atoms with Gasteiger partial charge in [-0.25, -0.2) is 4.79 Å². The number of carbonyl (C=O) groups is 1. The highest BCUT2D eigenvalue weighted by atomic mass is 35.5. The summed E-state index contributed by atoms with van der Waals surface area (Å²) in [5.74, 6) is -0.0446. The second-order valence-electron chi connectivity index (χ2n) is 4.58. The van der Waals surface area contributed by atoms with E-state index in [0.29, 0.717) is 21.5 Å². The molecule has 2 rings (SSSR count). The van der Waals surface area contributed by atoms with Gasteiger partial charge in [0, 0.05) is 12.5 Å². The van der Waals surface area contributed by atoms with Gasteiger partial charge in [-0.3, -0.25) is 0 Å². The highest BCUT2D eigenvalue weighted by Gasteiger charge is 2.20. The summed E-state index contributed by atoms with van der Waals surface area (Å²) in [6.45, 7) is 0. The molecule has 4 nitrogen and oxygen atoms in total. The lowest BCUT2D eigenvalue weighted by molar-refractivity contribution is -0.145. The fraction of sp³-hybridized carbons (Fsp3) is 0.188. The predicted molar refractivity (Wildman–Crippen MR) is 85.2 cm³/mol. The van der Waals surface area contributed by atoms with E-state index in [1.807, 2.05) is 0 Å². The first-order chi connectivity index (χ1) is 10.5. The molecule has 6 heteroatoms. The Kier molecular flexibility index (Phi) is 5.52. The summed E-state index contributed by atoms with van der Waals surface area (Å²) in [5.41, 5.74) is 0.727. The van der Waals surface area contributed by atoms with Gasteiger partial charge in [0.2, 0.25) is 0 Å². The highest BCUT2D eigenvalue weighted by Crippen LogP contribution is 2.25. The molecule has 1 atom stereocenters. The number of ether oxygens (including phenoxy) is 2. The second-order valence-corrected chi connectivity index (χ2v) is 5.39. The van der Waals surface area contributed by atoms with Crippen molar-refractivity contribution < 1.29 is 19.4 Å². The van der Waals surface area contributed by atoms with Gasteiger partial charge in [0.05, 0.1) is 17.2 Å². The van der Waals surface area contributed by atoms with E-state index in [2.05, 4.69) is 0 Å². The number of rotatable bonds is 6. The molecule has 2 aromatic carbocycles. The van der Waals surface area contributed by atoms with Crippen LogP contribution in [0, 0.1) is 0 Å². The zero-order chi connectivity index (χ0) is 16.1. The van der Waals surface area contributed by atoms with Gasteiger partial charge in [-0.15, -0.1) is 0 Å². The maximum absolute atomic E-state index is 11.4. The average molecular weight is 341 g/mol. The van der Waals surface area contributed by atoms with Crippen molar-refractivity contribution in [3.05, 3.63) is 58.1 Å². The van der Waals surface area contributed by atoms with Crippen LogP contribution in [0.5, 0.6) is 11.5 Å². The van der Waals surface area contributed by atoms with E-state index < -0.39 is 12.1 Å². The molecule has 0 radical (unpaired) electrons. The molecule has 0 spiro atoms. The molecule has 116 valence electrons. The minimum Gasteiger partial charge on any atom is -0.497 e. The number of methoxy groups -OCH3 is 1. The van der Waals surface area contributed by atoms with E-state index in [1.54, 1.807) is 42.5 Å². The molecule has 0 amide bonds. The second kappa shape index (κ2) is 7.38. The third-order valence-electron chi connectivity index (χ3n) is 3.00. The van der Waals surface area contributed by atoms with Crippen molar-refractivity contribution in [1.29, 1.82) is 0 Å². The van der Waals surface area contributed by atoms with E-state index in [0.717, 1.165) is 5.56 Å². The molecule has 0 aliphatic carbocycles. The molecular formula is C16H14Cl2O4. The molecule has 0 fully saturated rings. The normalized spacial score (nSPS) is 11.8. The SMILES string of the molecule is COc1cccc(OC(Cc2ccc(Cl)c(Cl)c2)C(=O)O)c1. The maximum atomic E-state index is 11.4. The quantitative estimate of drug-likeness (QED) is 0.860. The Morgan fingerprint density at radius 3 is 2.50 bits per heavy atom. The van der Waals surface area contributed by atoms with Crippen LogP contribution in [0.4, 0.5) is 0 Å². The van der Waals surface area contributed by atoms with Crippen molar-refractivity contribution in [3.63, 3.8) is 0 Å². The van der Waals surface area contributed by atoms with E-state index in [9.17, 15) is 9.90 Å². The summed E-state index contributed by atoms with van der Waals surface area (Å²) in [6, 6.07) is 11.8. The fourth-order valence-corrected chi connectivity index (χ4v) is 2.22. The van der Waals surface area contributed by atoms with Crippen molar-refractivity contribution in [3.8, 4) is 11.5 Å². The lowest BCUT2D eigenvalue weighted by atomic mass is 10.1. The Hall–Kier alpha value is -1.91. The number of hydrogen-bond acceptors (Lipinski definition) is 3. The van der Waals surface area contributed by atoms with E-state index in [4.69, 9.17) is 32.7 Å². The van der Waals surface area contributed by atoms with Gasteiger partial charge in [0.25, 0.3) is 0 Å². The Bertz CT molecular complexity index is 673. The summed E-state index contributed by atoms with van der Waals surface area (Å²) in [4.78, 5) is 11.4. The van der Waals surface area contributed by atoms with Gasteiger partial charge in [0.15, 0.2) is 6.10 Å². The minimum atomic E-state index is -1.06. The fourth-order valence-electron chi connectivity index (χ4n) is 1.90. The van der Waals surface area contributed by atoms with Crippen molar-refractivity contribution in [2.45, 2.75) is 12.5 Å². The number of aliphatic carboxylic acids is 1. The molecule has 1 unspecified atom stereocenters. The number of hydrogen-bond donors (Lipinski definition) is 1. The zero-order valence-corrected chi connectivity index (χ0v) is 13.3. The third kappa shape index (κ3) is 4.29. The van der Waals surface area contributed by atoms with E-state index >= 15 is 0 Å². The van der Waals surface area contributed by atoms with Crippen LogP contribution < -0.4 is 9.47 Å². The molecule has 0 saturated heterocycles. The molecule has 0 aliphatic heterocycles. The van der Waals surface area contributed by atoms with Crippen LogP contribution in [0.2, 0.25) is 10.0 Å². The Morgan fingerprint density at radius 1 is 1.14 bits per heavy atom. The minimum absolute atomic E-state index is 0.170. The molecule has 0 aliphatic rings. The molecule has 0 saturated carbocycles. The van der Waals surface area contributed by atoms with Gasteiger partial charge in [-0.05, 0) is 29.8 Å². The molecule has 0 heterocycles. The monoisotopic (exact) mass is 340 g/mol. The number of carboxylic acid groups (broad SMARTS) is 1. The standard InChI is InChI=1S/C16H14Cl2O4/c1-21-11-3-2-4-12(9-11)22-15(16(19)20)8-10-5-6-13(17)14(18)7-10/h2-7,9,15H,8H2,1H3,(H,19,20). The van der Waals surface area contributed by atoms with Gasteiger partial charge >= 0.3 is 5.97 Å². The lowest BCUT2D eigenvalue weighted by Gasteiger charge is -2.16. The van der Waals surface area contributed by atoms with Crippen LogP contribution in [0.3, 0.4) is 0 Å². The summed E-state index contributed by atoms with van der Waals surface area (Å²) in [5, 5.41) is 10.1. The molecule has 22 heavy (non-hydrogen) atoms. The predicted octanol–water partition coefficient (Wildman–Crippen LogP) is 4.08. The summed E-state index contributed by atoms with van der Waals surface area (Å²) >= 11 is 11.8. The van der Waals surface area contributed by atoms with Gasteiger partial charge in [-0.2, -0.15) is 0 Å². The topological polar surface area (TPSA) is 55.8 Å². The van der Waals surface area contributed by atoms with Crippen LogP contribution >= 0.6 is 23.2 Å². The molecule has 2 aromatic rings. The van der Waals surface area contributed by atoms with Crippen molar-refractivity contribution in [1.82, 2.24) is 0 Å². The van der Waals surface area contributed by atoms with Crippen LogP contribution in [0.25, 0.3) is 0 Å². The number of benzene rings is 2. The zero-order valence-electron chi connectivity index (χ0n) is 11.8. The number of carboxylic acids is 1. The Labute approximate surface area is 138 Å². The van der Waals surface area contributed by atoms with Gasteiger partial charge in [-0.1, -0.05) is 35.3 Å². The first-order valence-electron chi connectivity index (χ1n) is 6.47. The Morgan fingerprint density at radius 2 is 1.86 bits per heavy atom. The van der Waals surface area contributed by atoms with Crippen LogP contribution in [-0.4, -0.2) is 24.3 Å². The smallest absolute Gasteiger partial charge is 0.345 e. The Balaban J connectivity index is 2.15. The first-order valence-corrected chi connectivity index (χ1v) is 7.22. The van der Waals surface area contributed by atoms with Gasteiger partial charge < -0.3 is 14.6 Å². The molecule has 1 N–H and O–H groups in total. The van der Waals surface area contributed by atoms with Crippen LogP contribution in [-0.2, 0) is 11.2 Å². The highest BCUT2D eigenvalue weighted by molar-refractivity contribution is 6.42. The van der Waals surface area contributed by atoms with Crippen molar-refractivity contribution in [2.24, 2.45) is 0 Å². The van der Waals surface area contributed by atoms with E-state index in [1.165, 1.54) is 7.11 Å². The largest absolute Gasteiger partial charge is 0.497 e. The van der Waals surface area contributed by atoms with E-state index in [-0.39, 0.29) is 6.42 Å². The van der Waals surface area contributed by atoms with Crippen LogP contribution in [0.15, 0.2) is 42.5 Å². The lowest BCUT2D eigenvalue weighted by Crippen LogP contribution is -2.29. The third-order valence-corrected chi connectivity index (χ3v) is 3.74. The number of halogens is 2.